The quantitative estimate of drug-likeness (QED) is 0.832. The zero-order chi connectivity index (χ0) is 12.5. The fourth-order valence-corrected chi connectivity index (χ4v) is 2.54. The topological polar surface area (TPSA) is 50.1 Å². The van der Waals surface area contributed by atoms with Gasteiger partial charge in [-0.2, -0.15) is 5.10 Å². The number of hydrogen-bond donors (Lipinski definition) is 2. The van der Waals surface area contributed by atoms with E-state index in [0.29, 0.717) is 12.6 Å². The zero-order valence-electron chi connectivity index (χ0n) is 11.0. The van der Waals surface area contributed by atoms with E-state index in [9.17, 15) is 5.11 Å². The molecule has 1 saturated carbocycles. The third-order valence-corrected chi connectivity index (χ3v) is 3.76. The molecule has 1 aromatic heterocycles. The summed E-state index contributed by atoms with van der Waals surface area (Å²) in [5.41, 5.74) is 0.0404. The fourth-order valence-electron chi connectivity index (χ4n) is 2.54. The summed E-state index contributed by atoms with van der Waals surface area (Å²) < 4.78 is 1.72. The molecule has 2 rings (SSSR count). The van der Waals surface area contributed by atoms with Crippen molar-refractivity contribution in [1.82, 2.24) is 15.1 Å². The van der Waals surface area contributed by atoms with Gasteiger partial charge in [-0.3, -0.25) is 4.68 Å². The van der Waals surface area contributed by atoms with E-state index in [1.165, 1.54) is 19.3 Å². The molecule has 2 N–H and O–H groups in total. The van der Waals surface area contributed by atoms with Crippen LogP contribution in [0.2, 0.25) is 0 Å². The Bertz CT molecular complexity index is 372. The van der Waals surface area contributed by atoms with E-state index in [1.54, 1.807) is 10.9 Å². The van der Waals surface area contributed by atoms with Crippen LogP contribution in [0.4, 0.5) is 0 Å². The minimum atomic E-state index is -0.833. The molecule has 1 aliphatic rings. The summed E-state index contributed by atoms with van der Waals surface area (Å²) in [6.07, 6.45) is 7.36. The maximum Gasteiger partial charge on any atom is 0.102 e. The van der Waals surface area contributed by atoms with Gasteiger partial charge in [0.15, 0.2) is 0 Å². The molecule has 0 radical (unpaired) electrons. The molecular formula is C13H23N3O. The van der Waals surface area contributed by atoms with Gasteiger partial charge in [-0.15, -0.1) is 0 Å². The average Bonchev–Trinajstić information content (AvgIpc) is 2.85. The first-order valence-corrected chi connectivity index (χ1v) is 6.42. The number of aliphatic hydroxyl groups is 1. The van der Waals surface area contributed by atoms with Crippen molar-refractivity contribution in [1.29, 1.82) is 0 Å². The Balaban J connectivity index is 1.89. The Hall–Kier alpha value is -0.870. The van der Waals surface area contributed by atoms with Crippen molar-refractivity contribution in [2.45, 2.75) is 44.8 Å². The monoisotopic (exact) mass is 237 g/mol. The van der Waals surface area contributed by atoms with Crippen LogP contribution in [0.3, 0.4) is 0 Å². The molecule has 4 nitrogen and oxygen atoms in total. The fraction of sp³-hybridized carbons (Fsp3) is 0.769. The normalized spacial score (nSPS) is 28.2. The lowest BCUT2D eigenvalue weighted by atomic mass is 9.99. The second kappa shape index (κ2) is 4.78. The van der Waals surface area contributed by atoms with Crippen LogP contribution in [0.15, 0.2) is 12.4 Å². The highest BCUT2D eigenvalue weighted by molar-refractivity contribution is 5.14. The number of rotatable bonds is 4. The number of aromatic nitrogens is 2. The third kappa shape index (κ3) is 3.07. The first kappa shape index (κ1) is 12.6. The molecule has 0 saturated heterocycles. The van der Waals surface area contributed by atoms with Gasteiger partial charge in [0.2, 0.25) is 0 Å². The summed E-state index contributed by atoms with van der Waals surface area (Å²) in [6.45, 7) is 4.73. The van der Waals surface area contributed by atoms with Gasteiger partial charge in [0, 0.05) is 31.4 Å². The second-order valence-corrected chi connectivity index (χ2v) is 5.67. The van der Waals surface area contributed by atoms with Crippen molar-refractivity contribution < 1.29 is 5.11 Å². The first-order valence-electron chi connectivity index (χ1n) is 6.42. The summed E-state index contributed by atoms with van der Waals surface area (Å²) in [6, 6.07) is 0.563. The van der Waals surface area contributed by atoms with Crippen molar-refractivity contribution in [3.05, 3.63) is 18.0 Å². The van der Waals surface area contributed by atoms with E-state index < -0.39 is 5.60 Å². The van der Waals surface area contributed by atoms with E-state index in [1.807, 2.05) is 20.2 Å². The molecule has 1 fully saturated rings. The first-order chi connectivity index (χ1) is 7.97. The van der Waals surface area contributed by atoms with Crippen LogP contribution in [0, 0.1) is 5.92 Å². The highest BCUT2D eigenvalue weighted by Gasteiger charge is 2.27. The lowest BCUT2D eigenvalue weighted by Gasteiger charge is -2.24. The molecule has 4 heteroatoms. The van der Waals surface area contributed by atoms with Crippen molar-refractivity contribution in [2.24, 2.45) is 13.0 Å². The summed E-state index contributed by atoms with van der Waals surface area (Å²) in [5, 5.41) is 18.0. The molecule has 96 valence electrons. The van der Waals surface area contributed by atoms with Gasteiger partial charge in [-0.05, 0) is 32.1 Å². The van der Waals surface area contributed by atoms with E-state index in [2.05, 4.69) is 17.3 Å². The molecule has 0 bridgehead atoms. The van der Waals surface area contributed by atoms with Crippen LogP contribution in [-0.2, 0) is 12.6 Å². The number of nitrogens with zero attached hydrogens (tertiary/aromatic N) is 2. The van der Waals surface area contributed by atoms with E-state index in [-0.39, 0.29) is 0 Å². The maximum absolute atomic E-state index is 10.4. The third-order valence-electron chi connectivity index (χ3n) is 3.76. The smallest absolute Gasteiger partial charge is 0.102 e. The van der Waals surface area contributed by atoms with E-state index in [4.69, 9.17) is 0 Å². The molecule has 0 aliphatic heterocycles. The van der Waals surface area contributed by atoms with Crippen LogP contribution >= 0.6 is 0 Å². The van der Waals surface area contributed by atoms with E-state index >= 15 is 0 Å². The predicted octanol–water partition coefficient (Wildman–Crippen LogP) is 1.41. The Kier molecular flexibility index (Phi) is 3.54. The molecule has 0 spiro atoms. The molecule has 0 aromatic carbocycles. The maximum atomic E-state index is 10.4. The SMILES string of the molecule is CC1CCC(NCC(C)(O)c2cnn(C)c2)C1. The Morgan fingerprint density at radius 1 is 1.59 bits per heavy atom. The summed E-state index contributed by atoms with van der Waals surface area (Å²) in [5.74, 6) is 0.816. The second-order valence-electron chi connectivity index (χ2n) is 5.67. The van der Waals surface area contributed by atoms with Crippen LogP contribution in [0.5, 0.6) is 0 Å². The van der Waals surface area contributed by atoms with Crippen molar-refractivity contribution in [3.63, 3.8) is 0 Å². The predicted molar refractivity (Wildman–Crippen MR) is 67.6 cm³/mol. The lowest BCUT2D eigenvalue weighted by Crippen LogP contribution is -2.39. The van der Waals surface area contributed by atoms with Crippen molar-refractivity contribution in [3.8, 4) is 0 Å². The minimum absolute atomic E-state index is 0.563. The van der Waals surface area contributed by atoms with Gasteiger partial charge in [0.05, 0.1) is 6.20 Å². The van der Waals surface area contributed by atoms with Crippen molar-refractivity contribution in [2.75, 3.05) is 6.54 Å². The lowest BCUT2D eigenvalue weighted by molar-refractivity contribution is 0.0538. The molecule has 3 atom stereocenters. The van der Waals surface area contributed by atoms with Gasteiger partial charge < -0.3 is 10.4 Å². The summed E-state index contributed by atoms with van der Waals surface area (Å²) in [7, 11) is 1.87. The Morgan fingerprint density at radius 3 is 2.88 bits per heavy atom. The molecule has 1 aliphatic carbocycles. The summed E-state index contributed by atoms with van der Waals surface area (Å²) in [4.78, 5) is 0. The average molecular weight is 237 g/mol. The van der Waals surface area contributed by atoms with Crippen LogP contribution in [0.25, 0.3) is 0 Å². The number of hydrogen-bond acceptors (Lipinski definition) is 3. The van der Waals surface area contributed by atoms with Crippen LogP contribution < -0.4 is 5.32 Å². The molecule has 1 aromatic rings. The van der Waals surface area contributed by atoms with Gasteiger partial charge in [0.25, 0.3) is 0 Å². The highest BCUT2D eigenvalue weighted by Crippen LogP contribution is 2.26. The standard InChI is InChI=1S/C13H23N3O/c1-10-4-5-12(6-10)14-9-13(2,17)11-7-15-16(3)8-11/h7-8,10,12,14,17H,4-6,9H2,1-3H3. The molecule has 1 heterocycles. The molecule has 0 amide bonds. The molecule has 3 unspecified atom stereocenters. The summed E-state index contributed by atoms with van der Waals surface area (Å²) >= 11 is 0. The van der Waals surface area contributed by atoms with Crippen LogP contribution in [-0.4, -0.2) is 27.5 Å². The highest BCUT2D eigenvalue weighted by atomic mass is 16.3. The van der Waals surface area contributed by atoms with Crippen molar-refractivity contribution >= 4 is 0 Å². The van der Waals surface area contributed by atoms with E-state index in [0.717, 1.165) is 11.5 Å². The van der Waals surface area contributed by atoms with Gasteiger partial charge in [0.1, 0.15) is 5.60 Å². The van der Waals surface area contributed by atoms with Gasteiger partial charge >= 0.3 is 0 Å². The molecule has 17 heavy (non-hydrogen) atoms. The minimum Gasteiger partial charge on any atom is -0.384 e. The van der Waals surface area contributed by atoms with Gasteiger partial charge in [-0.25, -0.2) is 0 Å². The van der Waals surface area contributed by atoms with Gasteiger partial charge in [-0.1, -0.05) is 6.92 Å². The molecular weight excluding hydrogens is 214 g/mol. The zero-order valence-corrected chi connectivity index (χ0v) is 11.0. The largest absolute Gasteiger partial charge is 0.384 e. The number of aryl methyl sites for hydroxylation is 1. The Morgan fingerprint density at radius 2 is 2.35 bits per heavy atom. The number of nitrogens with one attached hydrogen (secondary N) is 1. The Labute approximate surface area is 103 Å². The van der Waals surface area contributed by atoms with Crippen LogP contribution in [0.1, 0.15) is 38.7 Å².